The smallest absolute Gasteiger partial charge is 0.0337 e. The molecule has 0 spiro atoms. The molecule has 2 heteroatoms. The lowest BCUT2D eigenvalue weighted by atomic mass is 10.0. The van der Waals surface area contributed by atoms with Crippen LogP contribution in [0.4, 0.5) is 0 Å². The number of rotatable bonds is 7. The van der Waals surface area contributed by atoms with Crippen LogP contribution < -0.4 is 5.32 Å². The maximum atomic E-state index is 4.18. The molecule has 2 atom stereocenters. The van der Waals surface area contributed by atoms with Crippen molar-refractivity contribution < 1.29 is 0 Å². The average molecular weight is 218 g/mol. The summed E-state index contributed by atoms with van der Waals surface area (Å²) in [6.07, 6.45) is 9.05. The third-order valence-electron chi connectivity index (χ3n) is 2.67. The first-order chi connectivity index (χ1) is 7.77. The van der Waals surface area contributed by atoms with E-state index in [1.165, 1.54) is 12.0 Å². The fraction of sp³-hybridized carbons (Fsp3) is 0.500. The van der Waals surface area contributed by atoms with Crippen LogP contribution in [0.2, 0.25) is 0 Å². The van der Waals surface area contributed by atoms with Crippen LogP contribution in [0.5, 0.6) is 0 Å². The molecule has 0 amide bonds. The second kappa shape index (κ2) is 7.18. The molecule has 2 unspecified atom stereocenters. The van der Waals surface area contributed by atoms with E-state index in [9.17, 15) is 0 Å². The molecular weight excluding hydrogens is 196 g/mol. The van der Waals surface area contributed by atoms with Gasteiger partial charge in [0.2, 0.25) is 0 Å². The minimum absolute atomic E-state index is 0.411. The number of nitrogens with zero attached hydrogens (tertiary/aromatic N) is 1. The van der Waals surface area contributed by atoms with Gasteiger partial charge in [-0.15, -0.1) is 6.58 Å². The van der Waals surface area contributed by atoms with Gasteiger partial charge in [0.25, 0.3) is 0 Å². The van der Waals surface area contributed by atoms with Gasteiger partial charge in [-0.1, -0.05) is 25.5 Å². The molecule has 2 nitrogen and oxygen atoms in total. The summed E-state index contributed by atoms with van der Waals surface area (Å²) in [7, 11) is 0. The highest BCUT2D eigenvalue weighted by Crippen LogP contribution is 2.18. The quantitative estimate of drug-likeness (QED) is 0.709. The fourth-order valence-corrected chi connectivity index (χ4v) is 1.88. The molecule has 16 heavy (non-hydrogen) atoms. The molecule has 1 aromatic rings. The van der Waals surface area contributed by atoms with Crippen molar-refractivity contribution in [1.82, 2.24) is 10.3 Å². The topological polar surface area (TPSA) is 24.9 Å². The summed E-state index contributed by atoms with van der Waals surface area (Å²) in [5.74, 6) is 0. The summed E-state index contributed by atoms with van der Waals surface area (Å²) in [6.45, 7) is 8.18. The van der Waals surface area contributed by atoms with Gasteiger partial charge in [0.05, 0.1) is 0 Å². The predicted molar refractivity (Wildman–Crippen MR) is 69.3 cm³/mol. The van der Waals surface area contributed by atoms with Gasteiger partial charge in [0.15, 0.2) is 0 Å². The van der Waals surface area contributed by atoms with Crippen LogP contribution in [0.15, 0.2) is 37.2 Å². The number of hydrogen-bond acceptors (Lipinski definition) is 2. The third kappa shape index (κ3) is 4.15. The van der Waals surface area contributed by atoms with E-state index in [1.807, 2.05) is 24.5 Å². The van der Waals surface area contributed by atoms with Gasteiger partial charge < -0.3 is 5.32 Å². The number of hydrogen-bond donors (Lipinski definition) is 1. The van der Waals surface area contributed by atoms with Crippen molar-refractivity contribution in [2.24, 2.45) is 0 Å². The molecule has 0 aliphatic rings. The van der Waals surface area contributed by atoms with Gasteiger partial charge in [-0.2, -0.15) is 0 Å². The van der Waals surface area contributed by atoms with Gasteiger partial charge in [-0.05, 0) is 31.4 Å². The molecule has 0 aliphatic heterocycles. The SMILES string of the molecule is C=CCC(C)NC(CCC)c1cccnc1. The Morgan fingerprint density at radius 1 is 1.56 bits per heavy atom. The molecule has 0 aromatic carbocycles. The van der Waals surface area contributed by atoms with Crippen LogP contribution >= 0.6 is 0 Å². The van der Waals surface area contributed by atoms with Gasteiger partial charge in [-0.3, -0.25) is 4.98 Å². The standard InChI is InChI=1S/C14H22N2/c1-4-7-12(3)16-14(8-5-2)13-9-6-10-15-11-13/h4,6,9-12,14,16H,1,5,7-8H2,2-3H3. The minimum atomic E-state index is 0.411. The van der Waals surface area contributed by atoms with Crippen LogP contribution in [-0.4, -0.2) is 11.0 Å². The Morgan fingerprint density at radius 3 is 2.94 bits per heavy atom. The minimum Gasteiger partial charge on any atom is -0.307 e. The molecule has 1 heterocycles. The van der Waals surface area contributed by atoms with Crippen molar-refractivity contribution in [3.63, 3.8) is 0 Å². The van der Waals surface area contributed by atoms with Gasteiger partial charge >= 0.3 is 0 Å². The van der Waals surface area contributed by atoms with E-state index >= 15 is 0 Å². The third-order valence-corrected chi connectivity index (χ3v) is 2.67. The maximum Gasteiger partial charge on any atom is 0.0337 e. The van der Waals surface area contributed by atoms with E-state index < -0.39 is 0 Å². The molecule has 1 rings (SSSR count). The largest absolute Gasteiger partial charge is 0.307 e. The van der Waals surface area contributed by atoms with Crippen molar-refractivity contribution in [2.75, 3.05) is 0 Å². The van der Waals surface area contributed by atoms with Crippen molar-refractivity contribution in [2.45, 2.75) is 45.2 Å². The molecule has 0 saturated heterocycles. The monoisotopic (exact) mass is 218 g/mol. The van der Waals surface area contributed by atoms with E-state index in [2.05, 4.69) is 36.8 Å². The zero-order valence-electron chi connectivity index (χ0n) is 10.3. The number of pyridine rings is 1. The molecule has 1 aromatic heterocycles. The Hall–Kier alpha value is -1.15. The van der Waals surface area contributed by atoms with Crippen LogP contribution in [-0.2, 0) is 0 Å². The summed E-state index contributed by atoms with van der Waals surface area (Å²) in [6, 6.07) is 5.02. The van der Waals surface area contributed by atoms with Gasteiger partial charge in [-0.25, -0.2) is 0 Å². The van der Waals surface area contributed by atoms with Crippen LogP contribution in [0.1, 0.15) is 44.7 Å². The Labute approximate surface area is 98.8 Å². The van der Waals surface area contributed by atoms with E-state index in [1.54, 1.807) is 0 Å². The van der Waals surface area contributed by atoms with Crippen molar-refractivity contribution in [3.8, 4) is 0 Å². The summed E-state index contributed by atoms with van der Waals surface area (Å²) in [5.41, 5.74) is 1.28. The lowest BCUT2D eigenvalue weighted by molar-refractivity contribution is 0.431. The zero-order chi connectivity index (χ0) is 11.8. The second-order valence-electron chi connectivity index (χ2n) is 4.22. The van der Waals surface area contributed by atoms with E-state index in [0.29, 0.717) is 12.1 Å². The first-order valence-corrected chi connectivity index (χ1v) is 6.04. The van der Waals surface area contributed by atoms with Crippen molar-refractivity contribution in [1.29, 1.82) is 0 Å². The first kappa shape index (κ1) is 12.9. The normalized spacial score (nSPS) is 14.4. The average Bonchev–Trinajstić information content (AvgIpc) is 2.30. The van der Waals surface area contributed by atoms with E-state index in [4.69, 9.17) is 0 Å². The highest BCUT2D eigenvalue weighted by atomic mass is 14.9. The first-order valence-electron chi connectivity index (χ1n) is 6.04. The molecule has 0 radical (unpaired) electrons. The highest BCUT2D eigenvalue weighted by molar-refractivity contribution is 5.14. The van der Waals surface area contributed by atoms with Gasteiger partial charge in [0, 0.05) is 24.5 Å². The number of aromatic nitrogens is 1. The van der Waals surface area contributed by atoms with Crippen LogP contribution in [0, 0.1) is 0 Å². The molecular formula is C14H22N2. The predicted octanol–water partition coefficient (Wildman–Crippen LogP) is 3.48. The van der Waals surface area contributed by atoms with Crippen molar-refractivity contribution >= 4 is 0 Å². The van der Waals surface area contributed by atoms with E-state index in [-0.39, 0.29) is 0 Å². The molecule has 0 saturated carbocycles. The summed E-state index contributed by atoms with van der Waals surface area (Å²) >= 11 is 0. The molecule has 88 valence electrons. The zero-order valence-corrected chi connectivity index (χ0v) is 10.3. The highest BCUT2D eigenvalue weighted by Gasteiger charge is 2.12. The lowest BCUT2D eigenvalue weighted by Gasteiger charge is -2.22. The van der Waals surface area contributed by atoms with Crippen LogP contribution in [0.25, 0.3) is 0 Å². The van der Waals surface area contributed by atoms with E-state index in [0.717, 1.165) is 12.8 Å². The Balaban J connectivity index is 2.64. The summed E-state index contributed by atoms with van der Waals surface area (Å²) in [4.78, 5) is 4.18. The fourth-order valence-electron chi connectivity index (χ4n) is 1.88. The molecule has 0 bridgehead atoms. The van der Waals surface area contributed by atoms with Gasteiger partial charge in [0.1, 0.15) is 0 Å². The molecule has 0 fully saturated rings. The Morgan fingerprint density at radius 2 is 2.38 bits per heavy atom. The lowest BCUT2D eigenvalue weighted by Crippen LogP contribution is -2.30. The molecule has 0 aliphatic carbocycles. The number of nitrogens with one attached hydrogen (secondary N) is 1. The second-order valence-corrected chi connectivity index (χ2v) is 4.22. The van der Waals surface area contributed by atoms with Crippen molar-refractivity contribution in [3.05, 3.63) is 42.7 Å². The molecule has 1 N–H and O–H groups in total. The Kier molecular flexibility index (Phi) is 5.79. The maximum absolute atomic E-state index is 4.18. The Bertz CT molecular complexity index is 295. The summed E-state index contributed by atoms with van der Waals surface area (Å²) in [5, 5.41) is 3.62. The van der Waals surface area contributed by atoms with Crippen LogP contribution in [0.3, 0.4) is 0 Å². The summed E-state index contributed by atoms with van der Waals surface area (Å²) < 4.78 is 0.